The fourth-order valence-electron chi connectivity index (χ4n) is 1.55. The Balaban J connectivity index is 3.13. The molecule has 0 unspecified atom stereocenters. The van der Waals surface area contributed by atoms with Crippen molar-refractivity contribution < 1.29 is 9.53 Å². The van der Waals surface area contributed by atoms with Gasteiger partial charge in [0.1, 0.15) is 0 Å². The van der Waals surface area contributed by atoms with Crippen LogP contribution in [-0.4, -0.2) is 12.6 Å². The van der Waals surface area contributed by atoms with Crippen molar-refractivity contribution in [3.8, 4) is 11.8 Å². The second-order valence-corrected chi connectivity index (χ2v) is 4.34. The highest BCUT2D eigenvalue weighted by atomic mass is 16.5. The van der Waals surface area contributed by atoms with Crippen LogP contribution in [0.4, 0.5) is 0 Å². The summed E-state index contributed by atoms with van der Waals surface area (Å²) >= 11 is 0. The highest BCUT2D eigenvalue weighted by Crippen LogP contribution is 2.06. The first-order valence-electron chi connectivity index (χ1n) is 7.04. The van der Waals surface area contributed by atoms with Crippen LogP contribution in [0.5, 0.6) is 0 Å². The van der Waals surface area contributed by atoms with E-state index in [0.29, 0.717) is 6.61 Å². The van der Waals surface area contributed by atoms with Gasteiger partial charge in [-0.15, -0.1) is 0 Å². The zero-order valence-electron chi connectivity index (χ0n) is 11.8. The molecule has 0 amide bonds. The lowest BCUT2D eigenvalue weighted by atomic mass is 10.1. The number of unbranched alkanes of at least 4 members (excludes halogenated alkanes) is 6. The largest absolute Gasteiger partial charge is 0.466 e. The van der Waals surface area contributed by atoms with E-state index < -0.39 is 0 Å². The first-order chi connectivity index (χ1) is 8.77. The Morgan fingerprint density at radius 3 is 2.44 bits per heavy atom. The van der Waals surface area contributed by atoms with E-state index in [1.54, 1.807) is 0 Å². The molecule has 0 radical (unpaired) electrons. The van der Waals surface area contributed by atoms with Gasteiger partial charge in [0.05, 0.1) is 6.61 Å². The quantitative estimate of drug-likeness (QED) is 0.347. The molecular weight excluding hydrogens is 224 g/mol. The van der Waals surface area contributed by atoms with Crippen LogP contribution in [0, 0.1) is 11.8 Å². The molecule has 102 valence electrons. The monoisotopic (exact) mass is 250 g/mol. The van der Waals surface area contributed by atoms with E-state index in [4.69, 9.17) is 4.74 Å². The standard InChI is InChI=1S/C16H26O2/c1-3-4-5-6-7-8-9-10-11-12-13-14-15-18-16(2)17/h4-5H,3,8-15H2,1-2H3/b5-4-. The SMILES string of the molecule is CC/C=C\C#CCCCCCCCCOC(C)=O. The lowest BCUT2D eigenvalue weighted by Crippen LogP contribution is -1.99. The minimum absolute atomic E-state index is 0.175. The van der Waals surface area contributed by atoms with E-state index in [9.17, 15) is 4.79 Å². The molecule has 18 heavy (non-hydrogen) atoms. The Morgan fingerprint density at radius 2 is 1.78 bits per heavy atom. The molecule has 0 aliphatic heterocycles. The van der Waals surface area contributed by atoms with Crippen molar-refractivity contribution in [3.63, 3.8) is 0 Å². The molecule has 0 spiro atoms. The lowest BCUT2D eigenvalue weighted by molar-refractivity contribution is -0.141. The van der Waals surface area contributed by atoms with Crippen LogP contribution >= 0.6 is 0 Å². The number of carbonyl (C=O) groups is 1. The summed E-state index contributed by atoms with van der Waals surface area (Å²) in [5.41, 5.74) is 0. The average Bonchev–Trinajstić information content (AvgIpc) is 2.34. The smallest absolute Gasteiger partial charge is 0.302 e. The Bertz CT molecular complexity index is 281. The zero-order chi connectivity index (χ0) is 13.5. The Labute approximate surface area is 112 Å². The molecular formula is C16H26O2. The van der Waals surface area contributed by atoms with Crippen molar-refractivity contribution in [1.29, 1.82) is 0 Å². The number of rotatable bonds is 9. The molecule has 2 heteroatoms. The van der Waals surface area contributed by atoms with E-state index in [0.717, 1.165) is 25.7 Å². The topological polar surface area (TPSA) is 26.3 Å². The van der Waals surface area contributed by atoms with Gasteiger partial charge >= 0.3 is 5.97 Å². The summed E-state index contributed by atoms with van der Waals surface area (Å²) in [7, 11) is 0. The van der Waals surface area contributed by atoms with Gasteiger partial charge in [-0.3, -0.25) is 4.79 Å². The number of allylic oxidation sites excluding steroid dienone is 2. The number of hydrogen-bond acceptors (Lipinski definition) is 2. The van der Waals surface area contributed by atoms with Crippen molar-refractivity contribution in [2.45, 2.75) is 65.2 Å². The maximum atomic E-state index is 10.5. The predicted molar refractivity (Wildman–Crippen MR) is 76.2 cm³/mol. The van der Waals surface area contributed by atoms with Gasteiger partial charge in [-0.05, 0) is 25.3 Å². The van der Waals surface area contributed by atoms with Gasteiger partial charge in [-0.2, -0.15) is 0 Å². The van der Waals surface area contributed by atoms with Crippen molar-refractivity contribution in [1.82, 2.24) is 0 Å². The second-order valence-electron chi connectivity index (χ2n) is 4.34. The van der Waals surface area contributed by atoms with Crippen molar-refractivity contribution in [2.75, 3.05) is 6.61 Å². The van der Waals surface area contributed by atoms with E-state index in [2.05, 4.69) is 24.8 Å². The molecule has 0 aliphatic rings. The fourth-order valence-corrected chi connectivity index (χ4v) is 1.55. The molecule has 0 aromatic heterocycles. The van der Waals surface area contributed by atoms with E-state index in [-0.39, 0.29) is 5.97 Å². The summed E-state index contributed by atoms with van der Waals surface area (Å²) in [6.45, 7) is 4.14. The van der Waals surface area contributed by atoms with Gasteiger partial charge in [0.2, 0.25) is 0 Å². The maximum Gasteiger partial charge on any atom is 0.302 e. The van der Waals surface area contributed by atoms with Crippen LogP contribution in [0.2, 0.25) is 0 Å². The predicted octanol–water partition coefficient (Wildman–Crippen LogP) is 4.25. The normalized spacial score (nSPS) is 10.1. The first-order valence-corrected chi connectivity index (χ1v) is 7.04. The maximum absolute atomic E-state index is 10.5. The van der Waals surface area contributed by atoms with E-state index in [1.807, 2.05) is 6.08 Å². The first kappa shape index (κ1) is 16.8. The summed E-state index contributed by atoms with van der Waals surface area (Å²) in [6, 6.07) is 0. The van der Waals surface area contributed by atoms with E-state index >= 15 is 0 Å². The average molecular weight is 250 g/mol. The number of esters is 1. The number of carbonyl (C=O) groups excluding carboxylic acids is 1. The summed E-state index contributed by atoms with van der Waals surface area (Å²) in [5, 5.41) is 0. The molecule has 0 saturated heterocycles. The van der Waals surface area contributed by atoms with Crippen LogP contribution < -0.4 is 0 Å². The third kappa shape index (κ3) is 14.8. The zero-order valence-corrected chi connectivity index (χ0v) is 11.8. The Kier molecular flexibility index (Phi) is 12.9. The summed E-state index contributed by atoms with van der Waals surface area (Å²) < 4.78 is 4.87. The third-order valence-electron chi connectivity index (χ3n) is 2.54. The lowest BCUT2D eigenvalue weighted by Gasteiger charge is -2.01. The van der Waals surface area contributed by atoms with Crippen LogP contribution in [0.1, 0.15) is 65.2 Å². The van der Waals surface area contributed by atoms with Gasteiger partial charge in [0.15, 0.2) is 0 Å². The van der Waals surface area contributed by atoms with Crippen molar-refractivity contribution in [3.05, 3.63) is 12.2 Å². The van der Waals surface area contributed by atoms with Gasteiger partial charge < -0.3 is 4.74 Å². The summed E-state index contributed by atoms with van der Waals surface area (Å²) in [5.74, 6) is 6.01. The molecule has 0 rings (SSSR count). The highest BCUT2D eigenvalue weighted by Gasteiger charge is 1.93. The molecule has 0 aromatic carbocycles. The van der Waals surface area contributed by atoms with Crippen LogP contribution in [-0.2, 0) is 9.53 Å². The van der Waals surface area contributed by atoms with Gasteiger partial charge in [0, 0.05) is 13.3 Å². The molecule has 0 N–H and O–H groups in total. The Hall–Kier alpha value is -1.23. The highest BCUT2D eigenvalue weighted by molar-refractivity contribution is 5.65. The van der Waals surface area contributed by atoms with Crippen LogP contribution in [0.15, 0.2) is 12.2 Å². The van der Waals surface area contributed by atoms with Gasteiger partial charge in [-0.1, -0.05) is 50.5 Å². The molecule has 0 bridgehead atoms. The van der Waals surface area contributed by atoms with Crippen molar-refractivity contribution >= 4 is 5.97 Å². The fraction of sp³-hybridized carbons (Fsp3) is 0.688. The third-order valence-corrected chi connectivity index (χ3v) is 2.54. The number of hydrogen-bond donors (Lipinski definition) is 0. The molecule has 0 heterocycles. The van der Waals surface area contributed by atoms with Crippen LogP contribution in [0.25, 0.3) is 0 Å². The molecule has 0 atom stereocenters. The molecule has 0 aromatic rings. The molecule has 2 nitrogen and oxygen atoms in total. The Morgan fingerprint density at radius 1 is 1.11 bits per heavy atom. The summed E-state index contributed by atoms with van der Waals surface area (Å²) in [6.07, 6.45) is 13.1. The minimum atomic E-state index is -0.175. The van der Waals surface area contributed by atoms with Gasteiger partial charge in [0.25, 0.3) is 0 Å². The molecule has 0 fully saturated rings. The van der Waals surface area contributed by atoms with Gasteiger partial charge in [-0.25, -0.2) is 0 Å². The molecule has 0 aliphatic carbocycles. The molecule has 0 saturated carbocycles. The summed E-state index contributed by atoms with van der Waals surface area (Å²) in [4.78, 5) is 10.5. The van der Waals surface area contributed by atoms with Crippen LogP contribution in [0.3, 0.4) is 0 Å². The van der Waals surface area contributed by atoms with E-state index in [1.165, 1.54) is 32.6 Å². The number of ether oxygens (including phenoxy) is 1. The second kappa shape index (κ2) is 13.8. The van der Waals surface area contributed by atoms with Crippen molar-refractivity contribution in [2.24, 2.45) is 0 Å². The minimum Gasteiger partial charge on any atom is -0.466 e.